The van der Waals surface area contributed by atoms with E-state index in [0.717, 1.165) is 16.2 Å². The van der Waals surface area contributed by atoms with Crippen LogP contribution in [-0.2, 0) is 19.1 Å². The average Bonchev–Trinajstić information content (AvgIpc) is 3.20. The van der Waals surface area contributed by atoms with E-state index >= 15 is 0 Å². The third-order valence-electron chi connectivity index (χ3n) is 4.77. The Balaban J connectivity index is 1.72. The Morgan fingerprint density at radius 2 is 2.19 bits per heavy atom. The van der Waals surface area contributed by atoms with E-state index in [4.69, 9.17) is 10.5 Å². The Morgan fingerprint density at radius 3 is 2.75 bits per heavy atom. The summed E-state index contributed by atoms with van der Waals surface area (Å²) in [5, 5.41) is 25.1. The summed E-state index contributed by atoms with van der Waals surface area (Å²) >= 11 is 2.25. The van der Waals surface area contributed by atoms with Gasteiger partial charge in [-0.25, -0.2) is 14.6 Å². The summed E-state index contributed by atoms with van der Waals surface area (Å²) in [6, 6.07) is -1.04. The van der Waals surface area contributed by atoms with Gasteiger partial charge in [0.1, 0.15) is 29.4 Å². The second kappa shape index (κ2) is 9.44. The quantitative estimate of drug-likeness (QED) is 0.174. The zero-order chi connectivity index (χ0) is 23.6. The molecule has 13 nitrogen and oxygen atoms in total. The standard InChI is InChI=1S/C17H20N6O7S2/c1-3-22(2)17(28)30-4-7-5-31-14-10(13(25)23(14)11(7)15(26)27)20-12(24)9(21-29)8-6-32-16(18)19-8/h6,10,14,29H,3-5H2,1-2H3,(H2,18,19)(H,20,24)(H,26,27)/b21-9+. The zero-order valence-electron chi connectivity index (χ0n) is 17.0. The molecule has 2 aliphatic heterocycles. The molecule has 172 valence electrons. The summed E-state index contributed by atoms with van der Waals surface area (Å²) in [5.74, 6) is -2.69. The highest BCUT2D eigenvalue weighted by Gasteiger charge is 2.54. The van der Waals surface area contributed by atoms with Gasteiger partial charge < -0.3 is 31.0 Å². The molecule has 0 radical (unpaired) electrons. The molecule has 1 aromatic heterocycles. The first-order valence-electron chi connectivity index (χ1n) is 9.21. The number of fused-ring (bicyclic) bond motifs is 1. The summed E-state index contributed by atoms with van der Waals surface area (Å²) in [7, 11) is 1.54. The summed E-state index contributed by atoms with van der Waals surface area (Å²) in [6.07, 6.45) is -0.615. The zero-order valence-corrected chi connectivity index (χ0v) is 18.6. The predicted octanol–water partition coefficient (Wildman–Crippen LogP) is -0.269. The number of carbonyl (C=O) groups is 4. The average molecular weight is 485 g/mol. The van der Waals surface area contributed by atoms with Crippen LogP contribution in [-0.4, -0.2) is 92.1 Å². The number of nitrogens with zero attached hydrogens (tertiary/aromatic N) is 4. The van der Waals surface area contributed by atoms with Crippen LogP contribution in [0.15, 0.2) is 21.8 Å². The number of carbonyl (C=O) groups excluding carboxylic acids is 3. The van der Waals surface area contributed by atoms with Crippen molar-refractivity contribution in [3.05, 3.63) is 22.3 Å². The Bertz CT molecular complexity index is 1020. The largest absolute Gasteiger partial charge is 0.477 e. The van der Waals surface area contributed by atoms with E-state index < -0.39 is 41.0 Å². The number of thioether (sulfide) groups is 1. The number of hydrogen-bond donors (Lipinski definition) is 4. The number of carboxylic acid groups (broad SMARTS) is 1. The fourth-order valence-electron chi connectivity index (χ4n) is 3.00. The minimum Gasteiger partial charge on any atom is -0.477 e. The van der Waals surface area contributed by atoms with E-state index in [1.165, 1.54) is 29.1 Å². The Hall–Kier alpha value is -3.33. The highest BCUT2D eigenvalue weighted by Crippen LogP contribution is 2.40. The van der Waals surface area contributed by atoms with Gasteiger partial charge in [0, 0.05) is 30.3 Å². The number of thiazole rings is 1. The molecular formula is C17H20N6O7S2. The van der Waals surface area contributed by atoms with Crippen LogP contribution in [0, 0.1) is 0 Å². The van der Waals surface area contributed by atoms with E-state index in [0.29, 0.717) is 6.54 Å². The molecule has 0 spiro atoms. The molecule has 0 aromatic carbocycles. The molecule has 1 fully saturated rings. The summed E-state index contributed by atoms with van der Waals surface area (Å²) < 4.78 is 5.13. The predicted molar refractivity (Wildman–Crippen MR) is 114 cm³/mol. The van der Waals surface area contributed by atoms with Crippen molar-refractivity contribution in [2.45, 2.75) is 18.3 Å². The van der Waals surface area contributed by atoms with Gasteiger partial charge in [-0.15, -0.1) is 23.1 Å². The van der Waals surface area contributed by atoms with Gasteiger partial charge in [-0.1, -0.05) is 5.16 Å². The van der Waals surface area contributed by atoms with Crippen LogP contribution in [0.3, 0.4) is 0 Å². The lowest BCUT2D eigenvalue weighted by molar-refractivity contribution is -0.150. The Morgan fingerprint density at radius 1 is 1.47 bits per heavy atom. The van der Waals surface area contributed by atoms with Crippen LogP contribution >= 0.6 is 23.1 Å². The monoisotopic (exact) mass is 484 g/mol. The highest BCUT2D eigenvalue weighted by atomic mass is 32.2. The molecule has 32 heavy (non-hydrogen) atoms. The van der Waals surface area contributed by atoms with Crippen molar-refractivity contribution in [2.75, 3.05) is 31.7 Å². The van der Waals surface area contributed by atoms with Crippen LogP contribution in [0.2, 0.25) is 0 Å². The molecule has 3 heterocycles. The Labute approximate surface area is 189 Å². The third-order valence-corrected chi connectivity index (χ3v) is 6.79. The van der Waals surface area contributed by atoms with Gasteiger partial charge in [0.15, 0.2) is 10.8 Å². The summed E-state index contributed by atoms with van der Waals surface area (Å²) in [5.41, 5.74) is 5.13. The number of β-lactam (4-membered cyclic amide) rings is 1. The van der Waals surface area contributed by atoms with Crippen LogP contribution < -0.4 is 11.1 Å². The topological polar surface area (TPSA) is 188 Å². The van der Waals surface area contributed by atoms with Crippen LogP contribution in [0.25, 0.3) is 0 Å². The summed E-state index contributed by atoms with van der Waals surface area (Å²) in [6.45, 7) is 1.89. The third kappa shape index (κ3) is 4.34. The number of ether oxygens (including phenoxy) is 1. The summed E-state index contributed by atoms with van der Waals surface area (Å²) in [4.78, 5) is 55.1. The number of rotatable bonds is 7. The second-order valence-corrected chi connectivity index (χ2v) is 8.70. The Kier molecular flexibility index (Phi) is 6.88. The molecule has 3 rings (SSSR count). The van der Waals surface area contributed by atoms with Crippen molar-refractivity contribution in [3.8, 4) is 0 Å². The molecule has 1 saturated heterocycles. The van der Waals surface area contributed by atoms with Crippen LogP contribution in [0.4, 0.5) is 9.93 Å². The normalized spacial score (nSPS) is 20.4. The maximum Gasteiger partial charge on any atom is 0.409 e. The van der Waals surface area contributed by atoms with E-state index in [1.54, 1.807) is 6.92 Å². The van der Waals surface area contributed by atoms with Crippen LogP contribution in [0.5, 0.6) is 0 Å². The lowest BCUT2D eigenvalue weighted by Crippen LogP contribution is -2.71. The number of oxime groups is 1. The first-order chi connectivity index (χ1) is 15.2. The number of aromatic nitrogens is 1. The van der Waals surface area contributed by atoms with Gasteiger partial charge in [0.05, 0.1) is 0 Å². The van der Waals surface area contributed by atoms with E-state index in [-0.39, 0.29) is 34.5 Å². The second-order valence-electron chi connectivity index (χ2n) is 6.71. The number of nitrogens with one attached hydrogen (secondary N) is 1. The lowest BCUT2D eigenvalue weighted by atomic mass is 10.0. The number of nitrogens with two attached hydrogens (primary N) is 1. The molecule has 5 N–H and O–H groups in total. The number of nitrogen functional groups attached to an aromatic ring is 1. The molecule has 15 heteroatoms. The fraction of sp³-hybridized carbons (Fsp3) is 0.412. The molecule has 0 bridgehead atoms. The van der Waals surface area contributed by atoms with Crippen molar-refractivity contribution >= 4 is 57.8 Å². The number of aliphatic carboxylic acids is 1. The maximum atomic E-state index is 12.7. The molecule has 0 aliphatic carbocycles. The van der Waals surface area contributed by atoms with Crippen LogP contribution in [0.1, 0.15) is 12.6 Å². The fourth-order valence-corrected chi connectivity index (χ4v) is 4.88. The number of amides is 3. The van der Waals surface area contributed by atoms with E-state index in [1.807, 2.05) is 0 Å². The molecule has 2 unspecified atom stereocenters. The van der Waals surface area contributed by atoms with Gasteiger partial charge in [-0.05, 0) is 6.92 Å². The molecule has 3 amide bonds. The van der Waals surface area contributed by atoms with Gasteiger partial charge >= 0.3 is 12.1 Å². The molecule has 2 atom stereocenters. The molecule has 2 aliphatic rings. The van der Waals surface area contributed by atoms with Crippen molar-refractivity contribution in [1.29, 1.82) is 0 Å². The maximum absolute atomic E-state index is 12.7. The molecular weight excluding hydrogens is 464 g/mol. The van der Waals surface area contributed by atoms with Crippen molar-refractivity contribution in [1.82, 2.24) is 20.1 Å². The number of hydrogen-bond acceptors (Lipinski definition) is 11. The first-order valence-corrected chi connectivity index (χ1v) is 11.1. The smallest absolute Gasteiger partial charge is 0.409 e. The number of carboxylic acids is 1. The van der Waals surface area contributed by atoms with Crippen molar-refractivity contribution in [2.24, 2.45) is 5.16 Å². The number of anilines is 1. The van der Waals surface area contributed by atoms with E-state index in [2.05, 4.69) is 15.5 Å². The van der Waals surface area contributed by atoms with Gasteiger partial charge in [-0.3, -0.25) is 14.5 Å². The molecule has 0 saturated carbocycles. The van der Waals surface area contributed by atoms with Crippen molar-refractivity contribution in [3.63, 3.8) is 0 Å². The van der Waals surface area contributed by atoms with Gasteiger partial charge in [0.2, 0.25) is 0 Å². The van der Waals surface area contributed by atoms with E-state index in [9.17, 15) is 29.5 Å². The van der Waals surface area contributed by atoms with Crippen molar-refractivity contribution < 1.29 is 34.2 Å². The van der Waals surface area contributed by atoms with Gasteiger partial charge in [0.25, 0.3) is 11.8 Å². The lowest BCUT2D eigenvalue weighted by Gasteiger charge is -2.49. The minimum absolute atomic E-state index is 0.0414. The SMILES string of the molecule is CCN(C)C(=O)OCC1=C(C(=O)O)N2C(=O)C(NC(=O)/C(=N/O)c3csc(N)n3)C2SC1. The molecule has 1 aromatic rings. The minimum atomic E-state index is -1.35. The first kappa shape index (κ1) is 23.3. The highest BCUT2D eigenvalue weighted by molar-refractivity contribution is 8.00. The van der Waals surface area contributed by atoms with Gasteiger partial charge in [-0.2, -0.15) is 0 Å².